The molecule has 0 saturated carbocycles. The highest BCUT2D eigenvalue weighted by Gasteiger charge is 2.46. The van der Waals surface area contributed by atoms with Crippen molar-refractivity contribution in [1.29, 1.82) is 0 Å². The lowest BCUT2D eigenvalue weighted by molar-refractivity contribution is -0.140. The lowest BCUT2D eigenvalue weighted by atomic mass is 9.94. The summed E-state index contributed by atoms with van der Waals surface area (Å²) in [4.78, 5) is 30.9. The first kappa shape index (κ1) is 28.0. The highest BCUT2D eigenvalue weighted by molar-refractivity contribution is 6.46. The van der Waals surface area contributed by atoms with E-state index < -0.39 is 17.7 Å². The molecule has 5 rings (SSSR count). The van der Waals surface area contributed by atoms with E-state index in [9.17, 15) is 14.7 Å². The number of ketones is 1. The van der Waals surface area contributed by atoms with Gasteiger partial charge in [-0.25, -0.2) is 0 Å². The maximum Gasteiger partial charge on any atom is 0.295 e. The van der Waals surface area contributed by atoms with Gasteiger partial charge in [0, 0.05) is 38.2 Å². The van der Waals surface area contributed by atoms with Gasteiger partial charge in [-0.2, -0.15) is 0 Å². The lowest BCUT2D eigenvalue weighted by Gasteiger charge is -2.29. The third-order valence-corrected chi connectivity index (χ3v) is 7.57. The Labute approximate surface area is 235 Å². The first-order valence-corrected chi connectivity index (χ1v) is 14.2. The summed E-state index contributed by atoms with van der Waals surface area (Å²) in [5, 5.41) is 11.6. The minimum Gasteiger partial charge on any atom is -0.507 e. The molecule has 0 unspecified atom stereocenters. The first-order valence-electron chi connectivity index (χ1n) is 14.2. The largest absolute Gasteiger partial charge is 0.507 e. The van der Waals surface area contributed by atoms with Gasteiger partial charge in [-0.05, 0) is 68.7 Å². The molecule has 3 aliphatic heterocycles. The zero-order valence-electron chi connectivity index (χ0n) is 23.5. The highest BCUT2D eigenvalue weighted by Crippen LogP contribution is 2.43. The number of fused-ring (bicyclic) bond motifs is 1. The van der Waals surface area contributed by atoms with E-state index in [1.54, 1.807) is 17.0 Å². The molecule has 0 bridgehead atoms. The molecule has 40 heavy (non-hydrogen) atoms. The number of hydrogen-bond donors (Lipinski definition) is 1. The minimum atomic E-state index is -0.761. The van der Waals surface area contributed by atoms with E-state index in [4.69, 9.17) is 18.9 Å². The Bertz CT molecular complexity index is 1280. The molecule has 9 heteroatoms. The Balaban J connectivity index is 1.53. The van der Waals surface area contributed by atoms with E-state index in [1.807, 2.05) is 45.0 Å². The molecule has 1 amide bonds. The van der Waals surface area contributed by atoms with Crippen LogP contribution in [0.25, 0.3) is 5.76 Å². The Morgan fingerprint density at radius 3 is 2.50 bits per heavy atom. The first-order chi connectivity index (χ1) is 19.4. The van der Waals surface area contributed by atoms with Crippen LogP contribution in [0.4, 0.5) is 0 Å². The third kappa shape index (κ3) is 5.67. The molecule has 1 N–H and O–H groups in total. The molecule has 0 spiro atoms. The number of nitrogens with zero attached hydrogens (tertiary/aromatic N) is 2. The Morgan fingerprint density at radius 1 is 1.00 bits per heavy atom. The predicted octanol–water partition coefficient (Wildman–Crippen LogP) is 3.95. The van der Waals surface area contributed by atoms with Gasteiger partial charge >= 0.3 is 0 Å². The van der Waals surface area contributed by atoms with Gasteiger partial charge in [0.2, 0.25) is 0 Å². The number of benzene rings is 2. The second-order valence-corrected chi connectivity index (χ2v) is 10.3. The standard InChI is InChI=1S/C31H38N2O7/c1-4-38-25-10-7-21(19-26(25)39-5-2)28-27(29(34)22-8-9-24-23(18-22)17-20(3)40-24)30(35)31(36)33(28)12-6-11-32-13-15-37-16-14-32/h7-10,18-20,28,34H,4-6,11-17H2,1-3H3/b29-27+/t20-,28+/m1/s1. The SMILES string of the molecule is CCOc1ccc([C@H]2/C(=C(\O)c3ccc4c(c3)C[C@@H](C)O4)C(=O)C(=O)N2CCCN2CCOCC2)cc1OCC. The van der Waals surface area contributed by atoms with Crippen molar-refractivity contribution in [2.24, 2.45) is 0 Å². The molecule has 2 aromatic rings. The molecule has 0 radical (unpaired) electrons. The number of morpholine rings is 1. The summed E-state index contributed by atoms with van der Waals surface area (Å²) in [5.74, 6) is 0.407. The van der Waals surface area contributed by atoms with Crippen molar-refractivity contribution in [3.63, 3.8) is 0 Å². The average Bonchev–Trinajstić information content (AvgIpc) is 3.45. The van der Waals surface area contributed by atoms with Crippen molar-refractivity contribution in [3.05, 3.63) is 58.7 Å². The van der Waals surface area contributed by atoms with Crippen LogP contribution >= 0.6 is 0 Å². The molecule has 2 saturated heterocycles. The number of hydrogen-bond acceptors (Lipinski definition) is 8. The maximum atomic E-state index is 13.5. The van der Waals surface area contributed by atoms with Gasteiger partial charge in [0.1, 0.15) is 17.6 Å². The number of likely N-dealkylation sites (tertiary alicyclic amines) is 1. The topological polar surface area (TPSA) is 97.8 Å². The number of amides is 1. The summed E-state index contributed by atoms with van der Waals surface area (Å²) in [7, 11) is 0. The van der Waals surface area contributed by atoms with E-state index in [2.05, 4.69) is 4.90 Å². The number of carbonyl (C=O) groups excluding carboxylic acids is 2. The monoisotopic (exact) mass is 550 g/mol. The van der Waals surface area contributed by atoms with Crippen molar-refractivity contribution >= 4 is 17.4 Å². The van der Waals surface area contributed by atoms with Crippen LogP contribution in [-0.4, -0.2) is 85.3 Å². The van der Waals surface area contributed by atoms with Gasteiger partial charge in [-0.3, -0.25) is 14.5 Å². The quantitative estimate of drug-likeness (QED) is 0.270. The summed E-state index contributed by atoms with van der Waals surface area (Å²) < 4.78 is 22.9. The van der Waals surface area contributed by atoms with Crippen LogP contribution < -0.4 is 14.2 Å². The molecule has 214 valence electrons. The smallest absolute Gasteiger partial charge is 0.295 e. The highest BCUT2D eigenvalue weighted by atomic mass is 16.5. The van der Waals surface area contributed by atoms with E-state index in [0.717, 1.165) is 30.9 Å². The van der Waals surface area contributed by atoms with Gasteiger partial charge in [0.15, 0.2) is 11.5 Å². The molecular weight excluding hydrogens is 512 g/mol. The fraction of sp³-hybridized carbons (Fsp3) is 0.484. The zero-order chi connectivity index (χ0) is 28.2. The van der Waals surface area contributed by atoms with Crippen LogP contribution in [0.15, 0.2) is 42.0 Å². The Morgan fingerprint density at radius 2 is 1.75 bits per heavy atom. The molecule has 2 fully saturated rings. The summed E-state index contributed by atoms with van der Waals surface area (Å²) >= 11 is 0. The summed E-state index contributed by atoms with van der Waals surface area (Å²) in [5.41, 5.74) is 2.21. The van der Waals surface area contributed by atoms with Crippen molar-refractivity contribution in [3.8, 4) is 17.2 Å². The number of aliphatic hydroxyl groups is 1. The lowest BCUT2D eigenvalue weighted by Crippen LogP contribution is -2.39. The number of aliphatic hydroxyl groups excluding tert-OH is 1. The van der Waals surface area contributed by atoms with Crippen LogP contribution in [0.3, 0.4) is 0 Å². The fourth-order valence-electron chi connectivity index (χ4n) is 5.71. The fourth-order valence-corrected chi connectivity index (χ4v) is 5.71. The zero-order valence-corrected chi connectivity index (χ0v) is 23.5. The second-order valence-electron chi connectivity index (χ2n) is 10.3. The maximum absolute atomic E-state index is 13.5. The van der Waals surface area contributed by atoms with E-state index >= 15 is 0 Å². The normalized spacial score (nSPS) is 22.3. The number of ether oxygens (including phenoxy) is 4. The molecule has 2 atom stereocenters. The molecule has 3 aliphatic rings. The Kier molecular flexibility index (Phi) is 8.61. The molecular formula is C31H38N2O7. The van der Waals surface area contributed by atoms with Gasteiger partial charge in [-0.1, -0.05) is 6.07 Å². The van der Waals surface area contributed by atoms with Crippen molar-refractivity contribution in [1.82, 2.24) is 9.80 Å². The Hall–Kier alpha value is -3.56. The van der Waals surface area contributed by atoms with Gasteiger partial charge in [-0.15, -0.1) is 0 Å². The van der Waals surface area contributed by atoms with Crippen molar-refractivity contribution in [2.45, 2.75) is 45.8 Å². The van der Waals surface area contributed by atoms with Crippen molar-refractivity contribution in [2.75, 3.05) is 52.6 Å². The number of rotatable bonds is 10. The second kappa shape index (κ2) is 12.3. The van der Waals surface area contributed by atoms with Crippen LogP contribution in [0, 0.1) is 0 Å². The van der Waals surface area contributed by atoms with E-state index in [-0.39, 0.29) is 17.4 Å². The third-order valence-electron chi connectivity index (χ3n) is 7.57. The average molecular weight is 551 g/mol. The number of carbonyl (C=O) groups is 2. The summed E-state index contributed by atoms with van der Waals surface area (Å²) in [6.07, 6.45) is 1.45. The molecule has 2 aromatic carbocycles. The summed E-state index contributed by atoms with van der Waals surface area (Å²) in [6, 6.07) is 10.1. The molecule has 0 aromatic heterocycles. The molecule has 0 aliphatic carbocycles. The van der Waals surface area contributed by atoms with Crippen molar-refractivity contribution < 1.29 is 33.6 Å². The number of Topliss-reactive ketones (excluding diaryl/α,β-unsaturated/α-hetero) is 1. The van der Waals surface area contributed by atoms with Gasteiger partial charge in [0.25, 0.3) is 11.7 Å². The predicted molar refractivity (Wildman–Crippen MR) is 150 cm³/mol. The van der Waals surface area contributed by atoms with Crippen LogP contribution in [0.2, 0.25) is 0 Å². The summed E-state index contributed by atoms with van der Waals surface area (Å²) in [6.45, 7) is 10.9. The minimum absolute atomic E-state index is 0.0466. The molecule has 3 heterocycles. The van der Waals surface area contributed by atoms with E-state index in [0.29, 0.717) is 68.4 Å². The molecule has 9 nitrogen and oxygen atoms in total. The van der Waals surface area contributed by atoms with Crippen LogP contribution in [0.5, 0.6) is 17.2 Å². The van der Waals surface area contributed by atoms with Crippen LogP contribution in [0.1, 0.15) is 49.9 Å². The van der Waals surface area contributed by atoms with Crippen LogP contribution in [-0.2, 0) is 20.7 Å². The van der Waals surface area contributed by atoms with E-state index in [1.165, 1.54) is 0 Å². The van der Waals surface area contributed by atoms with Gasteiger partial charge in [0.05, 0.1) is 38.0 Å². The van der Waals surface area contributed by atoms with Gasteiger partial charge < -0.3 is 29.0 Å².